The van der Waals surface area contributed by atoms with Gasteiger partial charge in [-0.2, -0.15) is 26.3 Å². The molecule has 0 saturated carbocycles. The summed E-state index contributed by atoms with van der Waals surface area (Å²) in [4.78, 5) is 12.2. The lowest BCUT2D eigenvalue weighted by atomic mass is 9.76. The second-order valence-electron chi connectivity index (χ2n) is 8.83. The van der Waals surface area contributed by atoms with Crippen LogP contribution in [0.3, 0.4) is 0 Å². The molecule has 0 aliphatic carbocycles. The molecule has 0 aromatic heterocycles. The summed E-state index contributed by atoms with van der Waals surface area (Å²) in [6.45, 7) is 1.43. The maximum Gasteiger partial charge on any atom is 0.416 e. The smallest absolute Gasteiger partial charge is 0.372 e. The molecule has 3 atom stereocenters. The minimum atomic E-state index is -4.95. The van der Waals surface area contributed by atoms with Crippen molar-refractivity contribution in [2.75, 3.05) is 20.2 Å². The summed E-state index contributed by atoms with van der Waals surface area (Å²) < 4.78 is 85.5. The fourth-order valence-corrected chi connectivity index (χ4v) is 4.17. The van der Waals surface area contributed by atoms with Crippen LogP contribution in [0.5, 0.6) is 0 Å². The molecule has 1 aliphatic rings. The number of halogens is 6. The van der Waals surface area contributed by atoms with Gasteiger partial charge in [-0.25, -0.2) is 0 Å². The van der Waals surface area contributed by atoms with E-state index in [4.69, 9.17) is 10.5 Å². The van der Waals surface area contributed by atoms with Crippen LogP contribution in [-0.2, 0) is 27.4 Å². The fraction of sp³-hybridized carbons (Fsp3) is 0.458. The van der Waals surface area contributed by atoms with E-state index in [1.165, 1.54) is 14.0 Å². The van der Waals surface area contributed by atoms with Gasteiger partial charge in [0.05, 0.1) is 29.4 Å². The average Bonchev–Trinajstić information content (AvgIpc) is 2.82. The highest BCUT2D eigenvalue weighted by Crippen LogP contribution is 2.39. The Kier molecular flexibility index (Phi) is 7.54. The zero-order chi connectivity index (χ0) is 26.1. The fourth-order valence-electron chi connectivity index (χ4n) is 4.17. The second-order valence-corrected chi connectivity index (χ2v) is 8.83. The minimum Gasteiger partial charge on any atom is -0.372 e. The third kappa shape index (κ3) is 5.96. The number of likely N-dealkylation sites (N-methyl/N-ethyl adjacent to an activating group) is 1. The van der Waals surface area contributed by atoms with Gasteiger partial charge in [-0.3, -0.25) is 4.79 Å². The van der Waals surface area contributed by atoms with Gasteiger partial charge in [0.1, 0.15) is 5.54 Å². The SMILES string of the molecule is CNC(=O)[C@]1(N)CC[C@@](COC(C)c2cc(C(F)(F)F)cc(C(F)(F)F)c2)(c2ccccc2)NC1. The zero-order valence-corrected chi connectivity index (χ0v) is 19.2. The van der Waals surface area contributed by atoms with Crippen molar-refractivity contribution in [2.45, 2.75) is 49.3 Å². The van der Waals surface area contributed by atoms with E-state index in [0.29, 0.717) is 18.6 Å². The summed E-state index contributed by atoms with van der Waals surface area (Å²) in [6.07, 6.45) is -10.3. The molecule has 35 heavy (non-hydrogen) atoms. The molecule has 0 radical (unpaired) electrons. The van der Waals surface area contributed by atoms with Crippen LogP contribution >= 0.6 is 0 Å². The maximum atomic E-state index is 13.3. The molecule has 1 unspecified atom stereocenters. The summed E-state index contributed by atoms with van der Waals surface area (Å²) in [5, 5.41) is 5.79. The van der Waals surface area contributed by atoms with Crippen molar-refractivity contribution in [1.82, 2.24) is 10.6 Å². The van der Waals surface area contributed by atoms with Gasteiger partial charge in [0.25, 0.3) is 0 Å². The summed E-state index contributed by atoms with van der Waals surface area (Å²) >= 11 is 0. The summed E-state index contributed by atoms with van der Waals surface area (Å²) in [5.74, 6) is -0.343. The molecule has 1 heterocycles. The number of carbonyl (C=O) groups excluding carboxylic acids is 1. The molecule has 4 N–H and O–H groups in total. The molecular weight excluding hydrogens is 476 g/mol. The number of ether oxygens (including phenoxy) is 1. The van der Waals surface area contributed by atoms with E-state index in [2.05, 4.69) is 10.6 Å². The van der Waals surface area contributed by atoms with Crippen molar-refractivity contribution in [3.05, 3.63) is 70.8 Å². The number of hydrogen-bond donors (Lipinski definition) is 3. The zero-order valence-electron chi connectivity index (χ0n) is 19.2. The van der Waals surface area contributed by atoms with Gasteiger partial charge in [0.15, 0.2) is 0 Å². The number of nitrogens with one attached hydrogen (secondary N) is 2. The summed E-state index contributed by atoms with van der Waals surface area (Å²) in [6, 6.07) is 10.5. The van der Waals surface area contributed by atoms with Crippen LogP contribution in [0, 0.1) is 0 Å². The van der Waals surface area contributed by atoms with Crippen LogP contribution in [0.15, 0.2) is 48.5 Å². The number of alkyl halides is 6. The van der Waals surface area contributed by atoms with Crippen LogP contribution in [0.25, 0.3) is 0 Å². The summed E-state index contributed by atoms with van der Waals surface area (Å²) in [7, 11) is 1.48. The van der Waals surface area contributed by atoms with Crippen LogP contribution in [0.4, 0.5) is 26.3 Å². The lowest BCUT2D eigenvalue weighted by molar-refractivity contribution is -0.143. The Morgan fingerprint density at radius 2 is 1.63 bits per heavy atom. The molecule has 11 heteroatoms. The molecule has 0 spiro atoms. The van der Waals surface area contributed by atoms with E-state index >= 15 is 0 Å². The summed E-state index contributed by atoms with van der Waals surface area (Å²) in [5.41, 5.74) is 1.99. The molecule has 3 rings (SSSR count). The largest absolute Gasteiger partial charge is 0.416 e. The number of piperidine rings is 1. The highest BCUT2D eigenvalue weighted by molar-refractivity contribution is 5.86. The number of amides is 1. The van der Waals surface area contributed by atoms with E-state index < -0.39 is 40.7 Å². The quantitative estimate of drug-likeness (QED) is 0.507. The first-order chi connectivity index (χ1) is 16.2. The first-order valence-corrected chi connectivity index (χ1v) is 10.9. The van der Waals surface area contributed by atoms with Crippen LogP contribution in [-0.4, -0.2) is 31.6 Å². The van der Waals surface area contributed by atoms with E-state index in [1.807, 2.05) is 18.2 Å². The second kappa shape index (κ2) is 9.79. The number of carbonyl (C=O) groups is 1. The van der Waals surface area contributed by atoms with Gasteiger partial charge in [0, 0.05) is 13.6 Å². The molecule has 0 bridgehead atoms. The molecule has 1 saturated heterocycles. The molecule has 1 fully saturated rings. The van der Waals surface area contributed by atoms with Gasteiger partial charge in [-0.1, -0.05) is 30.3 Å². The average molecular weight is 503 g/mol. The van der Waals surface area contributed by atoms with Gasteiger partial charge in [-0.15, -0.1) is 0 Å². The predicted octanol–water partition coefficient (Wildman–Crippen LogP) is 4.52. The Bertz CT molecular complexity index is 1000. The third-order valence-electron chi connectivity index (χ3n) is 6.40. The van der Waals surface area contributed by atoms with Gasteiger partial charge < -0.3 is 21.1 Å². The van der Waals surface area contributed by atoms with Crippen molar-refractivity contribution >= 4 is 5.91 Å². The Labute approximate surface area is 199 Å². The maximum absolute atomic E-state index is 13.3. The molecule has 1 amide bonds. The van der Waals surface area contributed by atoms with Crippen molar-refractivity contribution < 1.29 is 35.9 Å². The third-order valence-corrected chi connectivity index (χ3v) is 6.40. The molecular formula is C24H27F6N3O2. The van der Waals surface area contributed by atoms with Crippen molar-refractivity contribution in [1.29, 1.82) is 0 Å². The van der Waals surface area contributed by atoms with Crippen molar-refractivity contribution in [2.24, 2.45) is 5.73 Å². The molecule has 192 valence electrons. The molecule has 1 aliphatic heterocycles. The van der Waals surface area contributed by atoms with E-state index in [0.717, 1.165) is 5.56 Å². The molecule has 2 aromatic carbocycles. The number of hydrogen-bond acceptors (Lipinski definition) is 4. The Hall–Kier alpha value is -2.63. The van der Waals surface area contributed by atoms with Crippen LogP contribution in [0.1, 0.15) is 48.1 Å². The topological polar surface area (TPSA) is 76.4 Å². The monoisotopic (exact) mass is 503 g/mol. The van der Waals surface area contributed by atoms with Crippen LogP contribution in [0.2, 0.25) is 0 Å². The number of benzene rings is 2. The van der Waals surface area contributed by atoms with E-state index in [9.17, 15) is 31.1 Å². The predicted molar refractivity (Wildman–Crippen MR) is 117 cm³/mol. The van der Waals surface area contributed by atoms with Gasteiger partial charge in [0.2, 0.25) is 5.91 Å². The normalized spacial score (nSPS) is 24.1. The van der Waals surface area contributed by atoms with Crippen molar-refractivity contribution in [3.8, 4) is 0 Å². The first-order valence-electron chi connectivity index (χ1n) is 10.9. The Balaban J connectivity index is 1.88. The van der Waals surface area contributed by atoms with E-state index in [-0.39, 0.29) is 37.1 Å². The number of nitrogens with two attached hydrogens (primary N) is 1. The number of rotatable bonds is 6. The minimum absolute atomic E-state index is 0.0698. The highest BCUT2D eigenvalue weighted by Gasteiger charge is 2.45. The first kappa shape index (κ1) is 27.0. The molecule has 5 nitrogen and oxygen atoms in total. The Morgan fingerprint density at radius 3 is 2.09 bits per heavy atom. The highest BCUT2D eigenvalue weighted by atomic mass is 19.4. The standard InChI is InChI=1S/C24H27F6N3O2/c1-15(16-10-18(23(25,26)27)12-19(11-16)24(28,29)30)35-14-22(17-6-4-3-5-7-17)9-8-21(31,13-33-22)20(34)32-2/h3-7,10-12,15,33H,8-9,13-14,31H2,1-2H3,(H,32,34)/t15?,21-,22+/m0/s1. The van der Waals surface area contributed by atoms with Gasteiger partial charge in [-0.05, 0) is 49.1 Å². The van der Waals surface area contributed by atoms with Crippen LogP contribution < -0.4 is 16.4 Å². The van der Waals surface area contributed by atoms with Gasteiger partial charge >= 0.3 is 12.4 Å². The lowest BCUT2D eigenvalue weighted by Crippen LogP contribution is -2.67. The van der Waals surface area contributed by atoms with E-state index in [1.54, 1.807) is 12.1 Å². The Morgan fingerprint density at radius 1 is 1.06 bits per heavy atom. The van der Waals surface area contributed by atoms with Crippen molar-refractivity contribution in [3.63, 3.8) is 0 Å². The molecule has 2 aromatic rings. The lowest BCUT2D eigenvalue weighted by Gasteiger charge is -2.45.